The molecule has 27 heavy (non-hydrogen) atoms. The van der Waals surface area contributed by atoms with Gasteiger partial charge in [0.05, 0.1) is 0 Å². The summed E-state index contributed by atoms with van der Waals surface area (Å²) in [5.74, 6) is -1.32. The van der Waals surface area contributed by atoms with Crippen molar-refractivity contribution in [3.63, 3.8) is 0 Å². The lowest BCUT2D eigenvalue weighted by atomic mass is 9.98. The van der Waals surface area contributed by atoms with Gasteiger partial charge < -0.3 is 9.84 Å². The first-order valence-electron chi connectivity index (χ1n) is 8.48. The Morgan fingerprint density at radius 2 is 1.70 bits per heavy atom. The molecule has 4 rings (SSSR count). The van der Waals surface area contributed by atoms with E-state index in [2.05, 4.69) is 10.4 Å². The molecule has 2 aromatic carbocycles. The van der Waals surface area contributed by atoms with E-state index in [0.717, 1.165) is 26.9 Å². The van der Waals surface area contributed by atoms with Crippen LogP contribution >= 0.6 is 0 Å². The Morgan fingerprint density at radius 3 is 2.26 bits per heavy atom. The molecule has 136 valence electrons. The Hall–Kier alpha value is -3.61. The first-order chi connectivity index (χ1) is 13.1. The summed E-state index contributed by atoms with van der Waals surface area (Å²) in [6, 6.07) is 17.6. The molecule has 0 spiro atoms. The molecular weight excluding hydrogens is 346 g/mol. The number of rotatable bonds is 5. The molecule has 0 bridgehead atoms. The minimum atomic E-state index is -1.32. The SMILES string of the molecule is O=C(N[C@@H](C(=O)O)n1cccn1)OCC1c2ccccc2-c2ccccc21. The van der Waals surface area contributed by atoms with Gasteiger partial charge in [0, 0.05) is 18.3 Å². The maximum atomic E-state index is 12.2. The Balaban J connectivity index is 1.49. The fourth-order valence-electron chi connectivity index (χ4n) is 3.43. The van der Waals surface area contributed by atoms with Gasteiger partial charge in [-0.15, -0.1) is 0 Å². The van der Waals surface area contributed by atoms with E-state index in [-0.39, 0.29) is 12.5 Å². The number of benzene rings is 2. The van der Waals surface area contributed by atoms with Crippen molar-refractivity contribution in [2.75, 3.05) is 6.61 Å². The first-order valence-corrected chi connectivity index (χ1v) is 8.48. The average Bonchev–Trinajstić information content (AvgIpc) is 3.31. The lowest BCUT2D eigenvalue weighted by Crippen LogP contribution is -2.38. The molecule has 1 atom stereocenters. The third kappa shape index (κ3) is 3.15. The molecule has 7 nitrogen and oxygen atoms in total. The third-order valence-corrected chi connectivity index (χ3v) is 4.62. The van der Waals surface area contributed by atoms with Crippen LogP contribution in [0.5, 0.6) is 0 Å². The quantitative estimate of drug-likeness (QED) is 0.727. The monoisotopic (exact) mass is 363 g/mol. The van der Waals surface area contributed by atoms with Gasteiger partial charge in [-0.05, 0) is 28.3 Å². The molecular formula is C20H17N3O4. The maximum Gasteiger partial charge on any atom is 0.409 e. The molecule has 1 heterocycles. The molecule has 1 aliphatic carbocycles. The third-order valence-electron chi connectivity index (χ3n) is 4.62. The number of nitrogens with one attached hydrogen (secondary N) is 1. The molecule has 1 aliphatic rings. The van der Waals surface area contributed by atoms with Crippen molar-refractivity contribution < 1.29 is 19.4 Å². The Bertz CT molecular complexity index is 939. The molecule has 0 saturated carbocycles. The number of hydrogen-bond acceptors (Lipinski definition) is 4. The van der Waals surface area contributed by atoms with Crippen molar-refractivity contribution in [2.45, 2.75) is 12.1 Å². The Kier molecular flexibility index (Phi) is 4.33. The number of amides is 1. The second-order valence-corrected chi connectivity index (χ2v) is 6.20. The highest BCUT2D eigenvalue weighted by Gasteiger charge is 2.30. The van der Waals surface area contributed by atoms with Gasteiger partial charge in [0.25, 0.3) is 0 Å². The van der Waals surface area contributed by atoms with Crippen LogP contribution < -0.4 is 5.32 Å². The zero-order valence-corrected chi connectivity index (χ0v) is 14.3. The molecule has 0 fully saturated rings. The number of carbonyl (C=O) groups excluding carboxylic acids is 1. The van der Waals surface area contributed by atoms with Crippen LogP contribution in [0.25, 0.3) is 11.1 Å². The molecule has 0 aliphatic heterocycles. The molecule has 3 aromatic rings. The van der Waals surface area contributed by atoms with Crippen molar-refractivity contribution in [3.05, 3.63) is 78.1 Å². The van der Waals surface area contributed by atoms with Crippen LogP contribution in [0.4, 0.5) is 4.79 Å². The predicted octanol–water partition coefficient (Wildman–Crippen LogP) is 3.01. The second kappa shape index (κ2) is 6.95. The highest BCUT2D eigenvalue weighted by Crippen LogP contribution is 2.44. The van der Waals surface area contributed by atoms with Gasteiger partial charge >= 0.3 is 12.1 Å². The maximum absolute atomic E-state index is 12.2. The number of aliphatic carboxylic acids is 1. The topological polar surface area (TPSA) is 93.5 Å². The van der Waals surface area contributed by atoms with Crippen molar-refractivity contribution >= 4 is 12.1 Å². The van der Waals surface area contributed by atoms with Crippen LogP contribution in [0.15, 0.2) is 67.0 Å². The van der Waals surface area contributed by atoms with Crippen molar-refractivity contribution in [1.29, 1.82) is 0 Å². The van der Waals surface area contributed by atoms with Gasteiger partial charge in [-0.25, -0.2) is 14.3 Å². The first kappa shape index (κ1) is 16.8. The summed E-state index contributed by atoms with van der Waals surface area (Å²) in [7, 11) is 0. The molecule has 1 aromatic heterocycles. The van der Waals surface area contributed by atoms with Crippen molar-refractivity contribution in [2.24, 2.45) is 0 Å². The van der Waals surface area contributed by atoms with E-state index < -0.39 is 18.2 Å². The van der Waals surface area contributed by atoms with Gasteiger partial charge in [0.1, 0.15) is 6.61 Å². The van der Waals surface area contributed by atoms with Gasteiger partial charge in [-0.1, -0.05) is 48.5 Å². The number of carbonyl (C=O) groups is 2. The molecule has 0 saturated heterocycles. The summed E-state index contributed by atoms with van der Waals surface area (Å²) in [5, 5.41) is 15.5. The zero-order valence-electron chi connectivity index (χ0n) is 14.3. The smallest absolute Gasteiger partial charge is 0.409 e. The fraction of sp³-hybridized carbons (Fsp3) is 0.150. The van der Waals surface area contributed by atoms with Gasteiger partial charge in [0.15, 0.2) is 0 Å². The number of ether oxygens (including phenoxy) is 1. The van der Waals surface area contributed by atoms with E-state index in [1.165, 1.54) is 12.4 Å². The minimum Gasteiger partial charge on any atom is -0.478 e. The lowest BCUT2D eigenvalue weighted by Gasteiger charge is -2.17. The number of hydrogen-bond donors (Lipinski definition) is 2. The number of carboxylic acid groups (broad SMARTS) is 1. The summed E-state index contributed by atoms with van der Waals surface area (Å²) < 4.78 is 6.51. The predicted molar refractivity (Wildman–Crippen MR) is 97.1 cm³/mol. The molecule has 0 unspecified atom stereocenters. The van der Waals surface area contributed by atoms with E-state index in [4.69, 9.17) is 4.74 Å². The average molecular weight is 363 g/mol. The van der Waals surface area contributed by atoms with Crippen LogP contribution in [-0.4, -0.2) is 33.6 Å². The van der Waals surface area contributed by atoms with Gasteiger partial charge in [0.2, 0.25) is 6.17 Å². The van der Waals surface area contributed by atoms with E-state index in [0.29, 0.717) is 0 Å². The van der Waals surface area contributed by atoms with Crippen LogP contribution in [0.1, 0.15) is 23.2 Å². The van der Waals surface area contributed by atoms with Crippen LogP contribution in [-0.2, 0) is 9.53 Å². The lowest BCUT2D eigenvalue weighted by molar-refractivity contribution is -0.142. The number of fused-ring (bicyclic) bond motifs is 3. The van der Waals surface area contributed by atoms with Gasteiger partial charge in [-0.2, -0.15) is 5.10 Å². The van der Waals surface area contributed by atoms with E-state index >= 15 is 0 Å². The molecule has 0 radical (unpaired) electrons. The standard InChI is InChI=1S/C20H17N3O4/c24-19(25)18(23-11-5-10-21-23)22-20(26)27-12-17-15-8-3-1-6-13(15)14-7-2-4-9-16(14)17/h1-11,17-18H,12H2,(H,22,26)(H,24,25)/t18-/m1/s1. The highest BCUT2D eigenvalue weighted by atomic mass is 16.5. The molecule has 1 amide bonds. The van der Waals surface area contributed by atoms with Crippen LogP contribution in [0, 0.1) is 0 Å². The summed E-state index contributed by atoms with van der Waals surface area (Å²) in [4.78, 5) is 23.6. The van der Waals surface area contributed by atoms with Crippen LogP contribution in [0.2, 0.25) is 0 Å². The molecule has 2 N–H and O–H groups in total. The normalized spacial score (nSPS) is 13.5. The zero-order chi connectivity index (χ0) is 18.8. The molecule has 7 heteroatoms. The van der Waals surface area contributed by atoms with Gasteiger partial charge in [-0.3, -0.25) is 5.32 Å². The highest BCUT2D eigenvalue weighted by molar-refractivity contribution is 5.80. The van der Waals surface area contributed by atoms with Crippen molar-refractivity contribution in [3.8, 4) is 11.1 Å². The van der Waals surface area contributed by atoms with Crippen molar-refractivity contribution in [1.82, 2.24) is 15.1 Å². The summed E-state index contributed by atoms with van der Waals surface area (Å²) in [6.45, 7) is 0.116. The summed E-state index contributed by atoms with van der Waals surface area (Å²) in [5.41, 5.74) is 4.44. The Labute approximate surface area is 155 Å². The summed E-state index contributed by atoms with van der Waals surface area (Å²) in [6.07, 6.45) is 0.771. The summed E-state index contributed by atoms with van der Waals surface area (Å²) >= 11 is 0. The largest absolute Gasteiger partial charge is 0.478 e. The van der Waals surface area contributed by atoms with E-state index in [1.54, 1.807) is 6.07 Å². The number of alkyl carbamates (subject to hydrolysis) is 1. The number of aromatic nitrogens is 2. The minimum absolute atomic E-state index is 0.0869. The fourth-order valence-corrected chi connectivity index (χ4v) is 3.43. The second-order valence-electron chi connectivity index (χ2n) is 6.20. The van der Waals surface area contributed by atoms with E-state index in [9.17, 15) is 14.7 Å². The number of nitrogens with zero attached hydrogens (tertiary/aromatic N) is 2. The number of carboxylic acids is 1. The van der Waals surface area contributed by atoms with Crippen LogP contribution in [0.3, 0.4) is 0 Å². The Morgan fingerprint density at radius 1 is 1.07 bits per heavy atom. The van der Waals surface area contributed by atoms with E-state index in [1.807, 2.05) is 48.5 Å².